The second kappa shape index (κ2) is 9.76. The van der Waals surface area contributed by atoms with Gasteiger partial charge in [-0.05, 0) is 30.9 Å². The van der Waals surface area contributed by atoms with Crippen molar-refractivity contribution in [1.82, 2.24) is 5.32 Å². The molecule has 1 aliphatic carbocycles. The molecular weight excluding hydrogens is 342 g/mol. The Labute approximate surface area is 159 Å². The third-order valence-electron chi connectivity index (χ3n) is 4.77. The zero-order valence-electron chi connectivity index (χ0n) is 15.3. The maximum absolute atomic E-state index is 12.4. The molecule has 142 valence electrons. The summed E-state index contributed by atoms with van der Waals surface area (Å²) in [6.45, 7) is 0.590. The van der Waals surface area contributed by atoms with Gasteiger partial charge in [0, 0.05) is 12.1 Å². The molecule has 1 fully saturated rings. The van der Waals surface area contributed by atoms with Gasteiger partial charge < -0.3 is 14.8 Å². The van der Waals surface area contributed by atoms with Crippen molar-refractivity contribution in [3.63, 3.8) is 0 Å². The smallest absolute Gasteiger partial charge is 0.410 e. The summed E-state index contributed by atoms with van der Waals surface area (Å²) >= 11 is 0. The molecule has 0 aromatic heterocycles. The van der Waals surface area contributed by atoms with Crippen LogP contribution < -0.4 is 5.32 Å². The highest BCUT2D eigenvalue weighted by Gasteiger charge is 2.23. The van der Waals surface area contributed by atoms with Crippen molar-refractivity contribution in [2.45, 2.75) is 38.4 Å². The van der Waals surface area contributed by atoms with Crippen LogP contribution in [0.1, 0.15) is 54.3 Å². The highest BCUT2D eigenvalue weighted by atomic mass is 16.7. The van der Waals surface area contributed by atoms with Crippen molar-refractivity contribution < 1.29 is 19.1 Å². The summed E-state index contributed by atoms with van der Waals surface area (Å²) in [4.78, 5) is 24.6. The van der Waals surface area contributed by atoms with Gasteiger partial charge in [0.1, 0.15) is 0 Å². The number of amides is 1. The highest BCUT2D eigenvalue weighted by molar-refractivity contribution is 5.89. The molecule has 1 amide bonds. The minimum Gasteiger partial charge on any atom is -0.417 e. The number of ether oxygens (including phenoxy) is 2. The Kier molecular flexibility index (Phi) is 6.85. The van der Waals surface area contributed by atoms with Gasteiger partial charge in [-0.2, -0.15) is 0 Å². The second-order valence-electron chi connectivity index (χ2n) is 6.80. The molecule has 2 aromatic rings. The van der Waals surface area contributed by atoms with E-state index in [0.29, 0.717) is 23.6 Å². The minimum absolute atomic E-state index is 0.407. The van der Waals surface area contributed by atoms with Gasteiger partial charge in [0.05, 0.1) is 5.56 Å². The van der Waals surface area contributed by atoms with Crippen LogP contribution in [0.4, 0.5) is 4.79 Å². The second-order valence-corrected chi connectivity index (χ2v) is 6.80. The Morgan fingerprint density at radius 2 is 1.52 bits per heavy atom. The third-order valence-corrected chi connectivity index (χ3v) is 4.77. The first-order valence-electron chi connectivity index (χ1n) is 9.48. The van der Waals surface area contributed by atoms with Gasteiger partial charge in [0.25, 0.3) is 6.29 Å². The number of esters is 1. The number of rotatable bonds is 6. The van der Waals surface area contributed by atoms with Gasteiger partial charge >= 0.3 is 12.1 Å². The van der Waals surface area contributed by atoms with E-state index in [1.165, 1.54) is 19.3 Å². The van der Waals surface area contributed by atoms with Gasteiger partial charge in [-0.1, -0.05) is 67.8 Å². The van der Waals surface area contributed by atoms with E-state index in [-0.39, 0.29) is 0 Å². The van der Waals surface area contributed by atoms with Crippen LogP contribution in [0.25, 0.3) is 0 Å². The summed E-state index contributed by atoms with van der Waals surface area (Å²) < 4.78 is 10.9. The third kappa shape index (κ3) is 5.84. The van der Waals surface area contributed by atoms with Crippen LogP contribution in [-0.2, 0) is 9.47 Å². The van der Waals surface area contributed by atoms with E-state index in [0.717, 1.165) is 12.8 Å². The summed E-state index contributed by atoms with van der Waals surface area (Å²) in [5.41, 5.74) is 1.01. The van der Waals surface area contributed by atoms with Gasteiger partial charge in [-0.15, -0.1) is 0 Å². The summed E-state index contributed by atoms with van der Waals surface area (Å²) in [5, 5.41) is 2.81. The molecule has 0 saturated heterocycles. The van der Waals surface area contributed by atoms with E-state index in [4.69, 9.17) is 9.47 Å². The van der Waals surface area contributed by atoms with Crippen molar-refractivity contribution in [3.8, 4) is 0 Å². The average molecular weight is 367 g/mol. The summed E-state index contributed by atoms with van der Waals surface area (Å²) in [7, 11) is 0. The van der Waals surface area contributed by atoms with Crippen LogP contribution >= 0.6 is 0 Å². The first-order valence-corrected chi connectivity index (χ1v) is 9.48. The Balaban J connectivity index is 1.61. The number of carbonyl (C=O) groups is 2. The van der Waals surface area contributed by atoms with Crippen LogP contribution in [0.2, 0.25) is 0 Å². The molecular formula is C22H25NO4. The lowest BCUT2D eigenvalue weighted by Crippen LogP contribution is -2.32. The Morgan fingerprint density at radius 3 is 2.19 bits per heavy atom. The van der Waals surface area contributed by atoms with Crippen molar-refractivity contribution in [2.75, 3.05) is 6.54 Å². The normalized spacial score (nSPS) is 15.6. The van der Waals surface area contributed by atoms with Crippen LogP contribution in [0.3, 0.4) is 0 Å². The molecule has 5 nitrogen and oxygen atoms in total. The molecule has 0 bridgehead atoms. The summed E-state index contributed by atoms with van der Waals surface area (Å²) in [6.07, 6.45) is 4.29. The Hall–Kier alpha value is -2.82. The van der Waals surface area contributed by atoms with Crippen LogP contribution in [-0.4, -0.2) is 18.6 Å². The summed E-state index contributed by atoms with van der Waals surface area (Å²) in [6, 6.07) is 17.6. The molecule has 5 heteroatoms. The molecule has 0 aliphatic heterocycles. The zero-order chi connectivity index (χ0) is 18.9. The predicted molar refractivity (Wildman–Crippen MR) is 102 cm³/mol. The number of alkyl carbamates (subject to hydrolysis) is 1. The monoisotopic (exact) mass is 367 g/mol. The number of benzene rings is 2. The lowest BCUT2D eigenvalue weighted by Gasteiger charge is -2.23. The van der Waals surface area contributed by atoms with Gasteiger partial charge in [0.15, 0.2) is 0 Å². The van der Waals surface area contributed by atoms with Crippen molar-refractivity contribution in [2.24, 2.45) is 5.92 Å². The lowest BCUT2D eigenvalue weighted by molar-refractivity contribution is -0.0743. The molecule has 0 radical (unpaired) electrons. The van der Waals surface area contributed by atoms with Crippen LogP contribution in [0, 0.1) is 5.92 Å². The van der Waals surface area contributed by atoms with Crippen LogP contribution in [0.5, 0.6) is 0 Å². The molecule has 1 unspecified atom stereocenters. The van der Waals surface area contributed by atoms with E-state index >= 15 is 0 Å². The highest BCUT2D eigenvalue weighted by Crippen LogP contribution is 2.24. The fourth-order valence-electron chi connectivity index (χ4n) is 3.27. The molecule has 3 rings (SSSR count). The number of hydrogen-bond acceptors (Lipinski definition) is 4. The topological polar surface area (TPSA) is 64.6 Å². The van der Waals surface area contributed by atoms with Crippen molar-refractivity contribution >= 4 is 12.1 Å². The predicted octanol–water partition coefficient (Wildman–Crippen LogP) is 4.85. The van der Waals surface area contributed by atoms with E-state index in [1.54, 1.807) is 36.4 Å². The van der Waals surface area contributed by atoms with E-state index in [2.05, 4.69) is 5.32 Å². The number of carbonyl (C=O) groups excluding carboxylic acids is 2. The summed E-state index contributed by atoms with van der Waals surface area (Å²) in [5.74, 6) is -0.0436. The van der Waals surface area contributed by atoms with E-state index < -0.39 is 18.4 Å². The molecule has 1 aliphatic rings. The molecule has 1 atom stereocenters. The Morgan fingerprint density at radius 1 is 0.889 bits per heavy atom. The minimum atomic E-state index is -1.09. The van der Waals surface area contributed by atoms with Crippen LogP contribution in [0.15, 0.2) is 60.7 Å². The molecule has 2 aromatic carbocycles. The first kappa shape index (κ1) is 19.0. The van der Waals surface area contributed by atoms with Gasteiger partial charge in [0.2, 0.25) is 0 Å². The van der Waals surface area contributed by atoms with E-state index in [1.807, 2.05) is 24.3 Å². The fraction of sp³-hybridized carbons (Fsp3) is 0.364. The number of nitrogens with one attached hydrogen (secondary N) is 1. The average Bonchev–Trinajstić information content (AvgIpc) is 2.74. The molecule has 0 heterocycles. The first-order chi connectivity index (χ1) is 13.2. The molecule has 1 N–H and O–H groups in total. The van der Waals surface area contributed by atoms with Crippen molar-refractivity contribution in [3.05, 3.63) is 71.8 Å². The maximum Gasteiger partial charge on any atom is 0.410 e. The van der Waals surface area contributed by atoms with Gasteiger partial charge in [-0.3, -0.25) is 0 Å². The number of hydrogen-bond donors (Lipinski definition) is 1. The fourth-order valence-corrected chi connectivity index (χ4v) is 3.27. The quantitative estimate of drug-likeness (QED) is 0.586. The molecule has 27 heavy (non-hydrogen) atoms. The Bertz CT molecular complexity index is 726. The molecule has 1 saturated carbocycles. The van der Waals surface area contributed by atoms with Crippen molar-refractivity contribution in [1.29, 1.82) is 0 Å². The maximum atomic E-state index is 12.4. The zero-order valence-corrected chi connectivity index (χ0v) is 15.3. The SMILES string of the molecule is O=C(NCC1CCCCC1)OC(OC(=O)c1ccccc1)c1ccccc1. The lowest BCUT2D eigenvalue weighted by atomic mass is 9.89. The standard InChI is InChI=1S/C22H25NO4/c24-20(18-12-6-2-7-13-18)26-21(19-14-8-3-9-15-19)27-22(25)23-16-17-10-4-1-5-11-17/h2-3,6-9,12-15,17,21H,1,4-5,10-11,16H2,(H,23,25). The van der Waals surface area contributed by atoms with Gasteiger partial charge in [-0.25, -0.2) is 9.59 Å². The largest absolute Gasteiger partial charge is 0.417 e. The molecule has 0 spiro atoms. The van der Waals surface area contributed by atoms with E-state index in [9.17, 15) is 9.59 Å².